The van der Waals surface area contributed by atoms with Gasteiger partial charge in [0.2, 0.25) is 5.91 Å². The Morgan fingerprint density at radius 3 is 1.94 bits per heavy atom. The minimum Gasteiger partial charge on any atom is -0.340 e. The molecule has 0 bridgehead atoms. The average molecular weight is 253 g/mol. The maximum absolute atomic E-state index is 12.6. The molecule has 18 heavy (non-hydrogen) atoms. The summed E-state index contributed by atoms with van der Waals surface area (Å²) in [7, 11) is 1.92. The molecule has 0 rings (SSSR count). The zero-order chi connectivity index (χ0) is 14.7. The summed E-state index contributed by atoms with van der Waals surface area (Å²) in [5, 5.41) is 0. The van der Waals surface area contributed by atoms with E-state index in [2.05, 4.69) is 55.0 Å². The molecule has 0 radical (unpaired) electrons. The Morgan fingerprint density at radius 1 is 1.22 bits per heavy atom. The fourth-order valence-corrected chi connectivity index (χ4v) is 1.87. The van der Waals surface area contributed by atoms with Crippen LogP contribution in [0.25, 0.3) is 0 Å². The third-order valence-electron chi connectivity index (χ3n) is 4.55. The van der Waals surface area contributed by atoms with Gasteiger partial charge in [-0.1, -0.05) is 40.7 Å². The van der Waals surface area contributed by atoms with Gasteiger partial charge in [-0.3, -0.25) is 4.79 Å². The Bertz CT molecular complexity index is 297. The first-order valence-corrected chi connectivity index (χ1v) is 6.85. The van der Waals surface area contributed by atoms with Gasteiger partial charge in [0.05, 0.1) is 0 Å². The second-order valence-corrected chi connectivity index (χ2v) is 7.08. The van der Waals surface area contributed by atoms with Gasteiger partial charge in [-0.15, -0.1) is 6.58 Å². The monoisotopic (exact) mass is 253 g/mol. The van der Waals surface area contributed by atoms with E-state index < -0.39 is 0 Å². The van der Waals surface area contributed by atoms with Crippen molar-refractivity contribution in [1.29, 1.82) is 0 Å². The highest BCUT2D eigenvalue weighted by atomic mass is 16.2. The summed E-state index contributed by atoms with van der Waals surface area (Å²) in [5.74, 6) is 0.604. The third kappa shape index (κ3) is 3.60. The van der Waals surface area contributed by atoms with Crippen LogP contribution in [0.2, 0.25) is 0 Å². The van der Waals surface area contributed by atoms with Gasteiger partial charge < -0.3 is 4.90 Å². The molecule has 0 aliphatic carbocycles. The molecule has 0 heterocycles. The topological polar surface area (TPSA) is 20.3 Å². The van der Waals surface area contributed by atoms with E-state index in [9.17, 15) is 4.79 Å². The molecule has 1 atom stereocenters. The van der Waals surface area contributed by atoms with Gasteiger partial charge in [0, 0.05) is 18.5 Å². The van der Waals surface area contributed by atoms with Gasteiger partial charge in [0.1, 0.15) is 0 Å². The number of nitrogens with zero attached hydrogens (tertiary/aromatic N) is 1. The van der Waals surface area contributed by atoms with Crippen molar-refractivity contribution in [2.45, 2.75) is 60.4 Å². The fraction of sp³-hybridized carbons (Fsp3) is 0.812. The van der Waals surface area contributed by atoms with E-state index in [0.717, 1.165) is 6.42 Å². The van der Waals surface area contributed by atoms with Crippen molar-refractivity contribution < 1.29 is 4.79 Å². The van der Waals surface area contributed by atoms with E-state index in [1.807, 2.05) is 18.0 Å². The molecular formula is C16H31NO. The van der Waals surface area contributed by atoms with Crippen molar-refractivity contribution in [1.82, 2.24) is 4.90 Å². The SMILES string of the molecule is C=CCC(C(=O)N(C)C(C)(C)C(C)(C)C)C(C)C. The van der Waals surface area contributed by atoms with Gasteiger partial charge in [-0.2, -0.15) is 0 Å². The van der Waals surface area contributed by atoms with Crippen LogP contribution < -0.4 is 0 Å². The molecule has 0 saturated carbocycles. The van der Waals surface area contributed by atoms with Crippen LogP contribution in [-0.4, -0.2) is 23.4 Å². The molecule has 0 N–H and O–H groups in total. The third-order valence-corrected chi connectivity index (χ3v) is 4.55. The predicted octanol–water partition coefficient (Wildman–Crippen LogP) is 4.12. The number of carbonyl (C=O) groups excluding carboxylic acids is 1. The number of allylic oxidation sites excluding steroid dienone is 1. The first-order chi connectivity index (χ1) is 7.96. The molecule has 0 aromatic heterocycles. The first-order valence-electron chi connectivity index (χ1n) is 6.85. The second-order valence-electron chi connectivity index (χ2n) is 7.08. The molecule has 0 aliphatic heterocycles. The number of hydrogen-bond donors (Lipinski definition) is 0. The van der Waals surface area contributed by atoms with Gasteiger partial charge in [0.25, 0.3) is 0 Å². The molecule has 106 valence electrons. The smallest absolute Gasteiger partial charge is 0.226 e. The van der Waals surface area contributed by atoms with E-state index in [4.69, 9.17) is 0 Å². The van der Waals surface area contributed by atoms with Crippen molar-refractivity contribution in [2.24, 2.45) is 17.3 Å². The predicted molar refractivity (Wildman–Crippen MR) is 79.4 cm³/mol. The summed E-state index contributed by atoms with van der Waals surface area (Å²) in [6.45, 7) is 18.8. The van der Waals surface area contributed by atoms with Gasteiger partial charge in [-0.05, 0) is 31.6 Å². The van der Waals surface area contributed by atoms with Crippen LogP contribution in [-0.2, 0) is 4.79 Å². The average Bonchev–Trinajstić information content (AvgIpc) is 2.21. The number of amides is 1. The molecule has 0 aromatic rings. The van der Waals surface area contributed by atoms with Gasteiger partial charge in [0.15, 0.2) is 0 Å². The van der Waals surface area contributed by atoms with Crippen molar-refractivity contribution in [3.63, 3.8) is 0 Å². The molecule has 0 fully saturated rings. The van der Waals surface area contributed by atoms with Crippen molar-refractivity contribution in [3.8, 4) is 0 Å². The van der Waals surface area contributed by atoms with E-state index >= 15 is 0 Å². The number of carbonyl (C=O) groups is 1. The molecule has 0 aromatic carbocycles. The van der Waals surface area contributed by atoms with E-state index in [0.29, 0.717) is 5.92 Å². The zero-order valence-corrected chi connectivity index (χ0v) is 13.5. The standard InChI is InChI=1S/C16H31NO/c1-10-11-13(12(2)3)14(18)17(9)16(7,8)15(4,5)6/h10,12-13H,1,11H2,2-9H3. The summed E-state index contributed by atoms with van der Waals surface area (Å²) in [5.41, 5.74) is -0.120. The Morgan fingerprint density at radius 2 is 1.67 bits per heavy atom. The minimum absolute atomic E-state index is 0.0362. The maximum Gasteiger partial charge on any atom is 0.226 e. The molecule has 2 nitrogen and oxygen atoms in total. The Balaban J connectivity index is 5.14. The molecule has 1 amide bonds. The van der Waals surface area contributed by atoms with Crippen LogP contribution in [0.4, 0.5) is 0 Å². The quantitative estimate of drug-likeness (QED) is 0.675. The zero-order valence-electron chi connectivity index (χ0n) is 13.5. The second kappa shape index (κ2) is 5.90. The van der Waals surface area contributed by atoms with E-state index in [1.54, 1.807) is 0 Å². The van der Waals surface area contributed by atoms with Crippen molar-refractivity contribution >= 4 is 5.91 Å². The number of rotatable bonds is 5. The van der Waals surface area contributed by atoms with Crippen LogP contribution >= 0.6 is 0 Å². The lowest BCUT2D eigenvalue weighted by molar-refractivity contribution is -0.144. The summed E-state index contributed by atoms with van der Waals surface area (Å²) in [6.07, 6.45) is 2.60. The lowest BCUT2D eigenvalue weighted by Crippen LogP contribution is -2.55. The Kier molecular flexibility index (Phi) is 5.64. The summed E-state index contributed by atoms with van der Waals surface area (Å²) in [6, 6.07) is 0. The van der Waals surface area contributed by atoms with Crippen molar-refractivity contribution in [3.05, 3.63) is 12.7 Å². The van der Waals surface area contributed by atoms with Crippen LogP contribution in [0.1, 0.15) is 54.9 Å². The molecule has 0 spiro atoms. The van der Waals surface area contributed by atoms with E-state index in [1.165, 1.54) is 0 Å². The van der Waals surface area contributed by atoms with Crippen LogP contribution in [0.5, 0.6) is 0 Å². The summed E-state index contributed by atoms with van der Waals surface area (Å²) < 4.78 is 0. The van der Waals surface area contributed by atoms with Gasteiger partial charge >= 0.3 is 0 Å². The Labute approximate surface area is 113 Å². The highest BCUT2D eigenvalue weighted by molar-refractivity contribution is 5.79. The van der Waals surface area contributed by atoms with Crippen LogP contribution in [0.3, 0.4) is 0 Å². The lowest BCUT2D eigenvalue weighted by Gasteiger charge is -2.47. The highest BCUT2D eigenvalue weighted by Gasteiger charge is 2.40. The molecule has 1 unspecified atom stereocenters. The van der Waals surface area contributed by atoms with E-state index in [-0.39, 0.29) is 22.8 Å². The normalized spacial score (nSPS) is 14.5. The summed E-state index contributed by atoms with van der Waals surface area (Å²) in [4.78, 5) is 14.6. The van der Waals surface area contributed by atoms with Crippen LogP contribution in [0, 0.1) is 17.3 Å². The lowest BCUT2D eigenvalue weighted by atomic mass is 9.74. The minimum atomic E-state index is -0.168. The first kappa shape index (κ1) is 17.2. The molecule has 0 aliphatic rings. The molecule has 0 saturated heterocycles. The summed E-state index contributed by atoms with van der Waals surface area (Å²) >= 11 is 0. The van der Waals surface area contributed by atoms with Crippen LogP contribution in [0.15, 0.2) is 12.7 Å². The number of hydrogen-bond acceptors (Lipinski definition) is 1. The van der Waals surface area contributed by atoms with Gasteiger partial charge in [-0.25, -0.2) is 0 Å². The molecule has 2 heteroatoms. The van der Waals surface area contributed by atoms with Crippen molar-refractivity contribution in [2.75, 3.05) is 7.05 Å². The Hall–Kier alpha value is -0.790. The molecular weight excluding hydrogens is 222 g/mol. The maximum atomic E-state index is 12.6. The highest BCUT2D eigenvalue weighted by Crippen LogP contribution is 2.35. The fourth-order valence-electron chi connectivity index (χ4n) is 1.87. The largest absolute Gasteiger partial charge is 0.340 e.